The molecule has 2 aromatic rings. The van der Waals surface area contributed by atoms with Crippen molar-refractivity contribution in [2.24, 2.45) is 0 Å². The zero-order valence-electron chi connectivity index (χ0n) is 11.6. The van der Waals surface area contributed by atoms with Gasteiger partial charge in [0.1, 0.15) is 11.5 Å². The minimum atomic E-state index is -0.0125. The minimum absolute atomic E-state index is 0.0125. The molecule has 0 fully saturated rings. The number of nitrogens with zero attached hydrogens (tertiary/aromatic N) is 1. The molecule has 0 spiro atoms. The highest BCUT2D eigenvalue weighted by Crippen LogP contribution is 2.22. The molecular formula is C16H17NO3. The number of rotatable bonds is 6. The van der Waals surface area contributed by atoms with Gasteiger partial charge in [0, 0.05) is 17.8 Å². The van der Waals surface area contributed by atoms with Gasteiger partial charge in [0.15, 0.2) is 5.78 Å². The zero-order chi connectivity index (χ0) is 14.4. The molecule has 1 aromatic carbocycles. The number of ether oxygens (including phenoxy) is 2. The summed E-state index contributed by atoms with van der Waals surface area (Å²) >= 11 is 0. The lowest BCUT2D eigenvalue weighted by atomic mass is 10.2. The molecule has 0 saturated carbocycles. The van der Waals surface area contributed by atoms with E-state index in [4.69, 9.17) is 9.47 Å². The van der Waals surface area contributed by atoms with Crippen LogP contribution in [-0.2, 0) is 0 Å². The fourth-order valence-electron chi connectivity index (χ4n) is 1.59. The van der Waals surface area contributed by atoms with Gasteiger partial charge in [-0.1, -0.05) is 6.92 Å². The van der Waals surface area contributed by atoms with Crippen LogP contribution in [-0.4, -0.2) is 17.4 Å². The van der Waals surface area contributed by atoms with Crippen LogP contribution in [0.4, 0.5) is 0 Å². The van der Waals surface area contributed by atoms with Crippen molar-refractivity contribution >= 4 is 5.78 Å². The molecule has 104 valence electrons. The Morgan fingerprint density at radius 2 is 1.80 bits per heavy atom. The molecule has 0 unspecified atom stereocenters. The van der Waals surface area contributed by atoms with E-state index in [9.17, 15) is 4.79 Å². The van der Waals surface area contributed by atoms with Crippen LogP contribution in [0.5, 0.6) is 17.4 Å². The standard InChI is InChI=1S/C16H17NO3/c1-3-10-19-14-5-7-15(8-6-14)20-16-9-4-13(11-17-16)12(2)18/h4-9,11H,3,10H2,1-2H3. The molecule has 0 amide bonds. The van der Waals surface area contributed by atoms with E-state index in [1.165, 1.54) is 13.1 Å². The normalized spacial score (nSPS) is 10.1. The van der Waals surface area contributed by atoms with Crippen LogP contribution in [0.3, 0.4) is 0 Å². The van der Waals surface area contributed by atoms with Gasteiger partial charge in [0.05, 0.1) is 6.61 Å². The van der Waals surface area contributed by atoms with Crippen molar-refractivity contribution < 1.29 is 14.3 Å². The molecule has 4 heteroatoms. The lowest BCUT2D eigenvalue weighted by Gasteiger charge is -2.07. The van der Waals surface area contributed by atoms with Crippen LogP contribution < -0.4 is 9.47 Å². The van der Waals surface area contributed by atoms with Gasteiger partial charge in [0.2, 0.25) is 5.88 Å². The number of Topliss-reactive ketones (excluding diaryl/α,β-unsaturated/α-hetero) is 1. The lowest BCUT2D eigenvalue weighted by Crippen LogP contribution is -1.95. The largest absolute Gasteiger partial charge is 0.494 e. The Morgan fingerprint density at radius 3 is 2.35 bits per heavy atom. The average molecular weight is 271 g/mol. The van der Waals surface area contributed by atoms with E-state index in [0.29, 0.717) is 23.8 Å². The summed E-state index contributed by atoms with van der Waals surface area (Å²) in [5, 5.41) is 0. The number of ketones is 1. The van der Waals surface area contributed by atoms with Crippen molar-refractivity contribution in [3.63, 3.8) is 0 Å². The van der Waals surface area contributed by atoms with Gasteiger partial charge in [-0.15, -0.1) is 0 Å². The highest BCUT2D eigenvalue weighted by Gasteiger charge is 2.02. The molecule has 0 saturated heterocycles. The molecule has 0 aliphatic heterocycles. The van der Waals surface area contributed by atoms with Crippen molar-refractivity contribution in [1.29, 1.82) is 0 Å². The van der Waals surface area contributed by atoms with Crippen molar-refractivity contribution in [3.8, 4) is 17.4 Å². The number of aromatic nitrogens is 1. The summed E-state index contributed by atoms with van der Waals surface area (Å²) in [5.74, 6) is 1.94. The summed E-state index contributed by atoms with van der Waals surface area (Å²) in [6, 6.07) is 10.7. The van der Waals surface area contributed by atoms with Crippen molar-refractivity contribution in [1.82, 2.24) is 4.98 Å². The lowest BCUT2D eigenvalue weighted by molar-refractivity contribution is 0.101. The van der Waals surface area contributed by atoms with E-state index < -0.39 is 0 Å². The first-order valence-corrected chi connectivity index (χ1v) is 6.56. The molecule has 0 atom stereocenters. The van der Waals surface area contributed by atoms with Gasteiger partial charge in [-0.25, -0.2) is 4.98 Å². The van der Waals surface area contributed by atoms with E-state index in [1.807, 2.05) is 24.3 Å². The van der Waals surface area contributed by atoms with E-state index in [2.05, 4.69) is 11.9 Å². The average Bonchev–Trinajstić information content (AvgIpc) is 2.47. The summed E-state index contributed by atoms with van der Waals surface area (Å²) in [7, 11) is 0. The predicted molar refractivity (Wildman–Crippen MR) is 76.5 cm³/mol. The summed E-state index contributed by atoms with van der Waals surface area (Å²) < 4.78 is 11.1. The van der Waals surface area contributed by atoms with Gasteiger partial charge in [-0.3, -0.25) is 4.79 Å². The Labute approximate surface area is 118 Å². The Balaban J connectivity index is 2.00. The highest BCUT2D eigenvalue weighted by molar-refractivity contribution is 5.93. The first kappa shape index (κ1) is 14.1. The maximum Gasteiger partial charge on any atom is 0.219 e. The highest BCUT2D eigenvalue weighted by atomic mass is 16.5. The van der Waals surface area contributed by atoms with E-state index in [1.54, 1.807) is 12.1 Å². The molecule has 0 aliphatic rings. The molecule has 0 aliphatic carbocycles. The quantitative estimate of drug-likeness (QED) is 0.748. The number of pyridine rings is 1. The van der Waals surface area contributed by atoms with Crippen molar-refractivity contribution in [2.75, 3.05) is 6.61 Å². The van der Waals surface area contributed by atoms with Crippen molar-refractivity contribution in [3.05, 3.63) is 48.2 Å². The number of benzene rings is 1. The monoisotopic (exact) mass is 271 g/mol. The van der Waals surface area contributed by atoms with E-state index >= 15 is 0 Å². The predicted octanol–water partition coefficient (Wildman–Crippen LogP) is 3.87. The minimum Gasteiger partial charge on any atom is -0.494 e. The molecule has 0 radical (unpaired) electrons. The molecule has 1 heterocycles. The topological polar surface area (TPSA) is 48.4 Å². The Morgan fingerprint density at radius 1 is 1.10 bits per heavy atom. The van der Waals surface area contributed by atoms with Crippen LogP contribution >= 0.6 is 0 Å². The van der Waals surface area contributed by atoms with Gasteiger partial charge >= 0.3 is 0 Å². The molecule has 20 heavy (non-hydrogen) atoms. The summed E-state index contributed by atoms with van der Waals surface area (Å²) in [6.45, 7) is 4.27. The summed E-state index contributed by atoms with van der Waals surface area (Å²) in [6.07, 6.45) is 2.49. The second-order valence-corrected chi connectivity index (χ2v) is 4.36. The van der Waals surface area contributed by atoms with Crippen molar-refractivity contribution in [2.45, 2.75) is 20.3 Å². The van der Waals surface area contributed by atoms with Gasteiger partial charge in [-0.05, 0) is 43.7 Å². The van der Waals surface area contributed by atoms with E-state index in [-0.39, 0.29) is 5.78 Å². The van der Waals surface area contributed by atoms with Crippen LogP contribution in [0.25, 0.3) is 0 Å². The smallest absolute Gasteiger partial charge is 0.219 e. The van der Waals surface area contributed by atoms with Gasteiger partial charge in [-0.2, -0.15) is 0 Å². The fraction of sp³-hybridized carbons (Fsp3) is 0.250. The second-order valence-electron chi connectivity index (χ2n) is 4.36. The Hall–Kier alpha value is -2.36. The van der Waals surface area contributed by atoms with Gasteiger partial charge in [0.25, 0.3) is 0 Å². The number of carbonyl (C=O) groups is 1. The maximum absolute atomic E-state index is 11.1. The number of hydrogen-bond acceptors (Lipinski definition) is 4. The third kappa shape index (κ3) is 3.82. The summed E-state index contributed by atoms with van der Waals surface area (Å²) in [4.78, 5) is 15.2. The van der Waals surface area contributed by atoms with Crippen LogP contribution in [0.1, 0.15) is 30.6 Å². The second kappa shape index (κ2) is 6.70. The number of hydrogen-bond donors (Lipinski definition) is 0. The fourth-order valence-corrected chi connectivity index (χ4v) is 1.59. The third-order valence-electron chi connectivity index (χ3n) is 2.66. The Kier molecular flexibility index (Phi) is 4.71. The van der Waals surface area contributed by atoms with Crippen LogP contribution in [0.2, 0.25) is 0 Å². The SMILES string of the molecule is CCCOc1ccc(Oc2ccc(C(C)=O)cn2)cc1. The molecule has 2 rings (SSSR count). The van der Waals surface area contributed by atoms with Crippen LogP contribution in [0, 0.1) is 0 Å². The zero-order valence-corrected chi connectivity index (χ0v) is 11.6. The molecule has 1 aromatic heterocycles. The first-order chi connectivity index (χ1) is 9.69. The van der Waals surface area contributed by atoms with Crippen LogP contribution in [0.15, 0.2) is 42.6 Å². The first-order valence-electron chi connectivity index (χ1n) is 6.56. The Bertz CT molecular complexity index is 561. The molecule has 0 bridgehead atoms. The molecule has 0 N–H and O–H groups in total. The summed E-state index contributed by atoms with van der Waals surface area (Å²) in [5.41, 5.74) is 0.570. The number of carbonyl (C=O) groups excluding carboxylic acids is 1. The van der Waals surface area contributed by atoms with Gasteiger partial charge < -0.3 is 9.47 Å². The van der Waals surface area contributed by atoms with E-state index in [0.717, 1.165) is 12.2 Å². The maximum atomic E-state index is 11.1. The molecular weight excluding hydrogens is 254 g/mol. The third-order valence-corrected chi connectivity index (χ3v) is 2.66. The molecule has 4 nitrogen and oxygen atoms in total.